The first-order chi connectivity index (χ1) is 46.5. The molecule has 0 spiro atoms. The second-order valence-corrected chi connectivity index (χ2v) is 24.0. The first kappa shape index (κ1) is 81.5. The number of phenolic OH excluding ortho intramolecular Hbond substituents is 1. The number of nitrogens with two attached hydrogens (primary N) is 1. The molecule has 4 rings (SSSR count). The molecular weight excluding hydrogens is 1320 g/mol. The third kappa shape index (κ3) is 28.6. The number of amides is 8. The van der Waals surface area contributed by atoms with E-state index >= 15 is 4.79 Å². The summed E-state index contributed by atoms with van der Waals surface area (Å²) < 4.78 is 0. The summed E-state index contributed by atoms with van der Waals surface area (Å²) in [6.07, 6.45) is -1.44. The van der Waals surface area contributed by atoms with Crippen molar-refractivity contribution in [2.45, 2.75) is 113 Å². The van der Waals surface area contributed by atoms with Crippen molar-refractivity contribution in [1.82, 2.24) is 62.2 Å². The summed E-state index contributed by atoms with van der Waals surface area (Å²) in [4.78, 5) is 168. The largest absolute Gasteiger partial charge is 0.508 e. The number of para-hydroxylation sites is 1. The standard InChI is InChI=1S/C63H89N13O20S2/c1-36(78)48(33-77)70-62(95)50(35-98)72-63(96)56(37(2)79)73-57(90)44(14-8-9-19-64)67-60(93)47(26-40-27-65-43-13-7-6-12-42(40)43)69-59(92)46(25-39-15-17-41(80)18-16-39)68-61(94)49(34-97)71-58(91)45(24-38-10-4-3-5-11-38)66-51(81)28-74(20-22-75(29-52(82)83)30-53(84)85)21-23-76(31-54(86)87)32-55(88)89/h3-7,10-13,15-18,27,36-37,44-50,56,65,77-80,97-98H,8-9,14,19-26,28-35,64H2,1-2H3,(H,66,81)(H,67,93)(H,68,94)(H,69,92)(H,70,95)(H,71,91)(H,72,96)(H,73,90)(H,82,83)(H,84,85)(H,86,87)(H,88,89)/t36-,37-,44+,45-,46+,47-,48+,49+,50+,56+/m1/s1. The Morgan fingerprint density at radius 3 is 1.40 bits per heavy atom. The summed E-state index contributed by atoms with van der Waals surface area (Å²) in [5.74, 6) is -13.9. The number of carbonyl (C=O) groups is 12. The Morgan fingerprint density at radius 2 is 0.908 bits per heavy atom. The molecule has 0 fully saturated rings. The van der Waals surface area contributed by atoms with Crippen LogP contribution in [0.3, 0.4) is 0 Å². The fourth-order valence-electron chi connectivity index (χ4n) is 10.1. The monoisotopic (exact) mass is 1410 g/mol. The van der Waals surface area contributed by atoms with E-state index in [0.29, 0.717) is 34.0 Å². The molecule has 538 valence electrons. The Kier molecular flexibility index (Phi) is 34.9. The molecule has 0 unspecified atom stereocenters. The second-order valence-electron chi connectivity index (χ2n) is 23.2. The zero-order valence-corrected chi connectivity index (χ0v) is 55.9. The third-order valence-electron chi connectivity index (χ3n) is 15.3. The number of nitrogens with zero attached hydrogens (tertiary/aromatic N) is 3. The van der Waals surface area contributed by atoms with E-state index in [4.69, 9.17) is 5.73 Å². The number of benzene rings is 3. The number of carboxylic acids is 4. The number of phenols is 1. The summed E-state index contributed by atoms with van der Waals surface area (Å²) in [5.41, 5.74) is 7.87. The van der Waals surface area contributed by atoms with Crippen LogP contribution in [0.15, 0.2) is 85.1 Å². The van der Waals surface area contributed by atoms with Gasteiger partial charge in [-0.3, -0.25) is 72.2 Å². The summed E-state index contributed by atoms with van der Waals surface area (Å²) in [7, 11) is 0. The zero-order valence-electron chi connectivity index (χ0n) is 54.1. The van der Waals surface area contributed by atoms with E-state index < -0.39 is 177 Å². The highest BCUT2D eigenvalue weighted by molar-refractivity contribution is 7.80. The van der Waals surface area contributed by atoms with Crippen LogP contribution in [0.5, 0.6) is 5.75 Å². The fourth-order valence-corrected chi connectivity index (χ4v) is 10.6. The van der Waals surface area contributed by atoms with Gasteiger partial charge in [0.2, 0.25) is 47.3 Å². The van der Waals surface area contributed by atoms with Gasteiger partial charge in [-0.05, 0) is 74.5 Å². The quantitative estimate of drug-likeness (QED) is 0.0147. The molecule has 1 heterocycles. The van der Waals surface area contributed by atoms with Gasteiger partial charge < -0.3 is 94.1 Å². The van der Waals surface area contributed by atoms with Crippen molar-refractivity contribution >= 4 is 107 Å². The minimum absolute atomic E-state index is 0.0959. The number of nitrogens with one attached hydrogen (secondary N) is 9. The van der Waals surface area contributed by atoms with Crippen LogP contribution >= 0.6 is 25.3 Å². The summed E-state index contributed by atoms with van der Waals surface area (Å²) in [6, 6.07) is 8.94. The van der Waals surface area contributed by atoms with Gasteiger partial charge in [-0.1, -0.05) is 60.7 Å². The Hall–Kier alpha value is -8.94. The highest BCUT2D eigenvalue weighted by atomic mass is 32.1. The highest BCUT2D eigenvalue weighted by Crippen LogP contribution is 2.20. The van der Waals surface area contributed by atoms with E-state index in [9.17, 15) is 93.6 Å². The number of aromatic nitrogens is 1. The fraction of sp³-hybridized carbons (Fsp3) is 0.492. The molecule has 98 heavy (non-hydrogen) atoms. The Balaban J connectivity index is 1.68. The zero-order chi connectivity index (χ0) is 72.6. The lowest BCUT2D eigenvalue weighted by molar-refractivity contribution is -0.143. The van der Waals surface area contributed by atoms with E-state index in [2.05, 4.69) is 72.8 Å². The predicted molar refractivity (Wildman–Crippen MR) is 360 cm³/mol. The van der Waals surface area contributed by atoms with Crippen LogP contribution in [0.1, 0.15) is 49.8 Å². The molecule has 35 heteroatoms. The van der Waals surface area contributed by atoms with Crippen molar-refractivity contribution in [3.05, 3.63) is 102 Å². The number of unbranched alkanes of at least 4 members (excludes halogenated alkanes) is 1. The van der Waals surface area contributed by atoms with E-state index in [1.807, 2.05) is 0 Å². The van der Waals surface area contributed by atoms with Crippen molar-refractivity contribution in [2.24, 2.45) is 5.73 Å². The van der Waals surface area contributed by atoms with Crippen molar-refractivity contribution in [1.29, 1.82) is 0 Å². The van der Waals surface area contributed by atoms with Crippen LogP contribution in [-0.4, -0.2) is 276 Å². The topological polar surface area (TPSA) is 514 Å². The van der Waals surface area contributed by atoms with Gasteiger partial charge in [-0.2, -0.15) is 25.3 Å². The van der Waals surface area contributed by atoms with Gasteiger partial charge in [-0.15, -0.1) is 0 Å². The minimum atomic E-state index is -1.75. The normalized spacial score (nSPS) is 14.4. The third-order valence-corrected chi connectivity index (χ3v) is 16.1. The maximum absolute atomic E-state index is 15.0. The molecule has 0 saturated carbocycles. The first-order valence-electron chi connectivity index (χ1n) is 31.3. The van der Waals surface area contributed by atoms with Crippen molar-refractivity contribution < 1.29 is 98.4 Å². The molecule has 1 aromatic heterocycles. The van der Waals surface area contributed by atoms with Crippen LogP contribution in [0.4, 0.5) is 0 Å². The minimum Gasteiger partial charge on any atom is -0.508 e. The van der Waals surface area contributed by atoms with Crippen molar-refractivity contribution in [3.8, 4) is 5.75 Å². The molecule has 0 saturated heterocycles. The van der Waals surface area contributed by atoms with Gasteiger partial charge >= 0.3 is 23.9 Å². The van der Waals surface area contributed by atoms with Crippen LogP contribution in [0.2, 0.25) is 0 Å². The number of fused-ring (bicyclic) bond motifs is 1. The van der Waals surface area contributed by atoms with Crippen LogP contribution in [0.25, 0.3) is 10.9 Å². The molecule has 0 radical (unpaired) electrons. The number of aromatic amines is 1. The average Bonchev–Trinajstić information content (AvgIpc) is 1.63. The number of hydrogen-bond donors (Lipinski definition) is 20. The number of thiol groups is 2. The molecule has 10 atom stereocenters. The number of aliphatic carboxylic acids is 4. The number of carbonyl (C=O) groups excluding carboxylic acids is 8. The van der Waals surface area contributed by atoms with Gasteiger partial charge in [0.1, 0.15) is 48.0 Å². The Bertz CT molecular complexity index is 3240. The lowest BCUT2D eigenvalue weighted by Gasteiger charge is -2.29. The Labute approximate surface area is 575 Å². The van der Waals surface area contributed by atoms with E-state index in [1.54, 1.807) is 60.8 Å². The molecule has 0 aliphatic rings. The Morgan fingerprint density at radius 1 is 0.480 bits per heavy atom. The average molecular weight is 1410 g/mol. The predicted octanol–water partition coefficient (Wildman–Crippen LogP) is -4.23. The van der Waals surface area contributed by atoms with Crippen LogP contribution < -0.4 is 48.3 Å². The van der Waals surface area contributed by atoms with Crippen LogP contribution in [0, 0.1) is 0 Å². The van der Waals surface area contributed by atoms with Crippen LogP contribution in [-0.2, 0) is 76.8 Å². The molecule has 19 N–H and O–H groups in total. The number of rotatable bonds is 46. The number of H-pyrrole nitrogens is 1. The summed E-state index contributed by atoms with van der Waals surface area (Å²) >= 11 is 8.52. The lowest BCUT2D eigenvalue weighted by atomic mass is 10.0. The molecule has 33 nitrogen and oxygen atoms in total. The van der Waals surface area contributed by atoms with Crippen molar-refractivity contribution in [3.63, 3.8) is 0 Å². The molecule has 0 aliphatic heterocycles. The smallest absolute Gasteiger partial charge is 0.317 e. The number of aromatic hydroxyl groups is 1. The summed E-state index contributed by atoms with van der Waals surface area (Å²) in [5, 5.41) is 99.7. The number of carboxylic acid groups (broad SMARTS) is 4. The first-order valence-corrected chi connectivity index (χ1v) is 32.5. The lowest BCUT2D eigenvalue weighted by Crippen LogP contribution is -2.62. The summed E-state index contributed by atoms with van der Waals surface area (Å²) in [6.45, 7) is -2.36. The van der Waals surface area contributed by atoms with E-state index in [-0.39, 0.29) is 76.3 Å². The highest BCUT2D eigenvalue weighted by Gasteiger charge is 2.37. The molecule has 0 aliphatic carbocycles. The van der Waals surface area contributed by atoms with Gasteiger partial charge in [0.15, 0.2) is 0 Å². The number of aliphatic hydroxyl groups excluding tert-OH is 3. The number of hydrogen-bond acceptors (Lipinski definition) is 22. The number of aliphatic hydroxyl groups is 3. The van der Waals surface area contributed by atoms with E-state index in [0.717, 1.165) is 9.80 Å². The molecular formula is C63H89N13O20S2. The SMILES string of the molecule is C[C@@H](O)[C@H](CO)NC(=O)[C@H](CS)NC(=O)[C@@H](NC(=O)[C@H](CCCCN)NC(=O)[C@@H](Cc1c[nH]c2ccccc12)NC(=O)[C@H](Cc1ccc(O)cc1)NC(=O)[C@H](CS)NC(=O)[C@@H](Cc1ccccc1)NC(=O)CN(CCN(CC(=O)O)CC(=O)O)CCN(CC(=O)O)CC(=O)O)[C@@H](C)O. The van der Waals surface area contributed by atoms with Gasteiger partial charge in [-0.25, -0.2) is 0 Å². The van der Waals surface area contributed by atoms with Gasteiger partial charge in [0.25, 0.3) is 0 Å². The van der Waals surface area contributed by atoms with Gasteiger partial charge in [0, 0.05) is 74.0 Å². The second kappa shape index (κ2) is 42.0. The maximum Gasteiger partial charge on any atom is 0.317 e. The molecule has 3 aromatic carbocycles. The molecule has 8 amide bonds. The van der Waals surface area contributed by atoms with Crippen molar-refractivity contribution in [2.75, 3.05) is 83.6 Å². The molecule has 0 bridgehead atoms. The maximum atomic E-state index is 15.0. The molecule has 4 aromatic rings. The van der Waals surface area contributed by atoms with E-state index in [1.165, 1.54) is 43.0 Å². The van der Waals surface area contributed by atoms with Gasteiger partial charge in [0.05, 0.1) is 57.6 Å².